The first-order valence-electron chi connectivity index (χ1n) is 14.3. The van der Waals surface area contributed by atoms with Crippen LogP contribution in [0.2, 0.25) is 0 Å². The van der Waals surface area contributed by atoms with Gasteiger partial charge < -0.3 is 10.6 Å². The second-order valence-corrected chi connectivity index (χ2v) is 15.8. The van der Waals surface area contributed by atoms with Crippen molar-refractivity contribution in [1.82, 2.24) is 5.32 Å². The van der Waals surface area contributed by atoms with Crippen LogP contribution in [0.1, 0.15) is 85.3 Å². The van der Waals surface area contributed by atoms with Crippen LogP contribution in [0.4, 0.5) is 5.69 Å². The molecule has 6 rings (SSSR count). The van der Waals surface area contributed by atoms with E-state index in [9.17, 15) is 30.7 Å². The van der Waals surface area contributed by atoms with Gasteiger partial charge in [0.2, 0.25) is 0 Å². The van der Waals surface area contributed by atoms with Gasteiger partial charge >= 0.3 is 0 Å². The number of carbonyl (C=O) groups excluding carboxylic acids is 1. The van der Waals surface area contributed by atoms with Gasteiger partial charge in [0.1, 0.15) is 9.79 Å². The summed E-state index contributed by atoms with van der Waals surface area (Å²) in [6.07, 6.45) is -0.198. The van der Waals surface area contributed by atoms with E-state index in [4.69, 9.17) is 0 Å². The van der Waals surface area contributed by atoms with Crippen molar-refractivity contribution in [2.75, 3.05) is 12.4 Å². The van der Waals surface area contributed by atoms with E-state index in [1.54, 1.807) is 24.3 Å². The summed E-state index contributed by atoms with van der Waals surface area (Å²) < 4.78 is 74.0. The van der Waals surface area contributed by atoms with E-state index in [0.717, 1.165) is 0 Å². The summed E-state index contributed by atoms with van der Waals surface area (Å²) >= 11 is 0. The van der Waals surface area contributed by atoms with Crippen LogP contribution in [0.15, 0.2) is 51.2 Å². The Labute approximate surface area is 256 Å². The van der Waals surface area contributed by atoms with Crippen LogP contribution in [-0.4, -0.2) is 51.0 Å². The van der Waals surface area contributed by atoms with Crippen LogP contribution >= 0.6 is 0 Å². The molecule has 2 atom stereocenters. The fourth-order valence-electron chi connectivity index (χ4n) is 6.79. The molecule has 232 valence electrons. The van der Waals surface area contributed by atoms with Crippen LogP contribution in [-0.2, 0) is 37.5 Å². The smallest absolute Gasteiger partial charge is 0.296 e. The zero-order valence-electron chi connectivity index (χ0n) is 25.5. The van der Waals surface area contributed by atoms with Crippen molar-refractivity contribution in [3.63, 3.8) is 0 Å². The highest BCUT2D eigenvalue weighted by atomic mass is 32.2. The van der Waals surface area contributed by atoms with Gasteiger partial charge in [0.15, 0.2) is 0 Å². The lowest BCUT2D eigenvalue weighted by Gasteiger charge is -2.29. The third-order valence-electron chi connectivity index (χ3n) is 10.0. The molecule has 44 heavy (non-hydrogen) atoms. The van der Waals surface area contributed by atoms with Gasteiger partial charge in [0, 0.05) is 35.9 Å². The standard InChI is InChI=1S/C32H35N3O7S2/c1-15-31(3,4)23-13-19-21(28(26(23)34-15)43(37,38)39)12-22-20(25(19)17-8-10-18(11-9-17)30(36)33-7)14-24-27(29(22)44(40,41)42)35-16(2)32(24,5)6/h8-11,13-16,34H,12H2,1-7H3,(H,33,36)(H,37,38,39)(H,40,41,42). The number of benzene rings is 3. The molecule has 1 aliphatic carbocycles. The molecular formula is C32H35N3O7S2. The van der Waals surface area contributed by atoms with E-state index in [-0.39, 0.29) is 56.4 Å². The molecule has 2 unspecified atom stereocenters. The Morgan fingerprint density at radius 1 is 0.909 bits per heavy atom. The Hall–Kier alpha value is -3.58. The minimum absolute atomic E-state index is 0.156. The lowest BCUT2D eigenvalue weighted by atomic mass is 9.75. The van der Waals surface area contributed by atoms with E-state index in [2.05, 4.69) is 15.6 Å². The lowest BCUT2D eigenvalue weighted by molar-refractivity contribution is 0.0963. The molecule has 2 heterocycles. The maximum atomic E-state index is 13.2. The van der Waals surface area contributed by atoms with E-state index in [1.165, 1.54) is 7.05 Å². The Balaban J connectivity index is 1.86. The van der Waals surface area contributed by atoms with Crippen LogP contribution in [0.25, 0.3) is 5.57 Å². The third-order valence-corrected chi connectivity index (χ3v) is 11.9. The first kappa shape index (κ1) is 30.4. The lowest BCUT2D eigenvalue weighted by Crippen LogP contribution is -2.35. The van der Waals surface area contributed by atoms with Gasteiger partial charge in [-0.2, -0.15) is 16.8 Å². The Bertz CT molecular complexity index is 2150. The molecule has 12 heteroatoms. The molecule has 0 saturated heterocycles. The van der Waals surface area contributed by atoms with Crippen molar-refractivity contribution in [3.05, 3.63) is 85.9 Å². The fraction of sp³-hybridized carbons (Fsp3) is 0.375. The van der Waals surface area contributed by atoms with E-state index in [1.807, 2.05) is 53.7 Å². The summed E-state index contributed by atoms with van der Waals surface area (Å²) in [5, 5.41) is 6.50. The third kappa shape index (κ3) is 4.26. The number of hydrogen-bond donors (Lipinski definition) is 4. The van der Waals surface area contributed by atoms with E-state index >= 15 is 0 Å². The summed E-state index contributed by atoms with van der Waals surface area (Å²) in [5.74, 6) is -0.289. The highest BCUT2D eigenvalue weighted by Crippen LogP contribution is 2.49. The van der Waals surface area contributed by atoms with E-state index in [0.29, 0.717) is 38.6 Å². The zero-order chi connectivity index (χ0) is 32.3. The molecule has 4 N–H and O–H groups in total. The predicted molar refractivity (Wildman–Crippen MR) is 166 cm³/mol. The van der Waals surface area contributed by atoms with Gasteiger partial charge in [-0.05, 0) is 82.3 Å². The number of carbonyl (C=O) groups is 1. The summed E-state index contributed by atoms with van der Waals surface area (Å²) in [5.41, 5.74) is 2.95. The minimum atomic E-state index is -4.85. The molecule has 0 saturated carbocycles. The first-order chi connectivity index (χ1) is 20.3. The molecule has 0 fully saturated rings. The van der Waals surface area contributed by atoms with Crippen LogP contribution in [0.3, 0.4) is 0 Å². The SMILES string of the molecule is CNC(=O)c1ccc(C2=c3cc4c(c(S(=O)(=O)O)c3Cc3c2cc2c(c3S(=O)(=O)O)NC(C)C2(C)C)=NC(C)C4(C)C)cc1. The number of hydrogen-bond acceptors (Lipinski definition) is 7. The zero-order valence-corrected chi connectivity index (χ0v) is 27.2. The topological polar surface area (TPSA) is 162 Å². The number of nitrogens with one attached hydrogen (secondary N) is 2. The molecule has 1 amide bonds. The number of amides is 1. The van der Waals surface area contributed by atoms with Gasteiger partial charge in [0.25, 0.3) is 26.1 Å². The van der Waals surface area contributed by atoms with E-state index < -0.39 is 31.1 Å². The predicted octanol–water partition coefficient (Wildman–Crippen LogP) is 3.08. The number of nitrogens with zero attached hydrogens (tertiary/aromatic N) is 1. The van der Waals surface area contributed by atoms with Crippen LogP contribution < -0.4 is 21.2 Å². The molecule has 0 aromatic heterocycles. The van der Waals surface area contributed by atoms with Gasteiger partial charge in [-0.15, -0.1) is 0 Å². The van der Waals surface area contributed by atoms with Crippen molar-refractivity contribution in [2.24, 2.45) is 4.99 Å². The van der Waals surface area contributed by atoms with Crippen LogP contribution in [0, 0.1) is 0 Å². The van der Waals surface area contributed by atoms with Gasteiger partial charge in [0.05, 0.1) is 17.1 Å². The monoisotopic (exact) mass is 637 g/mol. The second-order valence-electron chi connectivity index (χ2n) is 13.1. The number of fused-ring (bicyclic) bond motifs is 4. The largest absolute Gasteiger partial charge is 0.380 e. The molecule has 3 aliphatic rings. The normalized spacial score (nSPS) is 21.0. The molecular weight excluding hydrogens is 603 g/mol. The Morgan fingerprint density at radius 3 is 2.09 bits per heavy atom. The van der Waals surface area contributed by atoms with Crippen molar-refractivity contribution in [1.29, 1.82) is 0 Å². The highest BCUT2D eigenvalue weighted by Gasteiger charge is 2.44. The summed E-state index contributed by atoms with van der Waals surface area (Å²) in [4.78, 5) is 16.3. The summed E-state index contributed by atoms with van der Waals surface area (Å²) in [6, 6.07) is 10.0. The molecule has 3 aromatic rings. The summed E-state index contributed by atoms with van der Waals surface area (Å²) in [6.45, 7) is 11.7. The van der Waals surface area contributed by atoms with Crippen molar-refractivity contribution < 1.29 is 30.7 Å². The molecule has 10 nitrogen and oxygen atoms in total. The first-order valence-corrected chi connectivity index (χ1v) is 17.2. The highest BCUT2D eigenvalue weighted by molar-refractivity contribution is 7.86. The van der Waals surface area contributed by atoms with Crippen molar-refractivity contribution in [2.45, 2.75) is 80.7 Å². The quantitative estimate of drug-likeness (QED) is 0.248. The number of rotatable bonds is 4. The van der Waals surface area contributed by atoms with Crippen LogP contribution in [0.5, 0.6) is 0 Å². The molecule has 0 spiro atoms. The fourth-order valence-corrected chi connectivity index (χ4v) is 8.61. The number of anilines is 1. The molecule has 3 aromatic carbocycles. The second kappa shape index (κ2) is 9.46. The molecule has 0 radical (unpaired) electrons. The molecule has 2 aliphatic heterocycles. The average molecular weight is 638 g/mol. The molecule has 0 bridgehead atoms. The maximum Gasteiger partial charge on any atom is 0.296 e. The minimum Gasteiger partial charge on any atom is -0.380 e. The van der Waals surface area contributed by atoms with Gasteiger partial charge in [-0.1, -0.05) is 39.8 Å². The average Bonchev–Trinajstić information content (AvgIpc) is 3.28. The Morgan fingerprint density at radius 2 is 1.52 bits per heavy atom. The summed E-state index contributed by atoms with van der Waals surface area (Å²) in [7, 11) is -8.15. The maximum absolute atomic E-state index is 13.2. The Kier molecular flexibility index (Phi) is 6.55. The van der Waals surface area contributed by atoms with Gasteiger partial charge in [-0.25, -0.2) is 0 Å². The van der Waals surface area contributed by atoms with Crippen molar-refractivity contribution in [3.8, 4) is 0 Å². The van der Waals surface area contributed by atoms with Crippen molar-refractivity contribution >= 4 is 37.4 Å². The van der Waals surface area contributed by atoms with Gasteiger partial charge in [-0.3, -0.25) is 18.9 Å².